The molecule has 5 heteroatoms. The van der Waals surface area contributed by atoms with E-state index < -0.39 is 0 Å². The Hall–Kier alpha value is -2.69. The van der Waals surface area contributed by atoms with Crippen molar-refractivity contribution in [2.24, 2.45) is 5.92 Å². The molecule has 1 amide bonds. The van der Waals surface area contributed by atoms with Crippen LogP contribution >= 0.6 is 0 Å². The lowest BCUT2D eigenvalue weighted by Gasteiger charge is -2.38. The molecule has 1 fully saturated rings. The van der Waals surface area contributed by atoms with Crippen LogP contribution in [0.5, 0.6) is 5.75 Å². The van der Waals surface area contributed by atoms with E-state index in [2.05, 4.69) is 39.4 Å². The fraction of sp³-hybridized carbons (Fsp3) is 0.458. The van der Waals surface area contributed by atoms with E-state index in [1.54, 1.807) is 0 Å². The van der Waals surface area contributed by atoms with Crippen molar-refractivity contribution in [3.8, 4) is 5.75 Å². The third-order valence-corrected chi connectivity index (χ3v) is 5.79. The van der Waals surface area contributed by atoms with Crippen LogP contribution in [0.4, 0.5) is 11.4 Å². The lowest BCUT2D eigenvalue weighted by Crippen LogP contribution is -2.46. The van der Waals surface area contributed by atoms with E-state index in [0.717, 1.165) is 42.4 Å². The Balaban J connectivity index is 1.28. The molecule has 0 radical (unpaired) electrons. The van der Waals surface area contributed by atoms with Crippen molar-refractivity contribution >= 4 is 17.3 Å². The lowest BCUT2D eigenvalue weighted by molar-refractivity contribution is -0.119. The number of anilines is 2. The number of nitrogens with zero attached hydrogens (tertiary/aromatic N) is 2. The van der Waals surface area contributed by atoms with Gasteiger partial charge in [-0.2, -0.15) is 0 Å². The van der Waals surface area contributed by atoms with Crippen molar-refractivity contribution in [2.75, 3.05) is 49.1 Å². The van der Waals surface area contributed by atoms with Gasteiger partial charge in [-0.1, -0.05) is 30.3 Å². The predicted molar refractivity (Wildman–Crippen MR) is 118 cm³/mol. The third-order valence-electron chi connectivity index (χ3n) is 5.79. The molecule has 1 aliphatic heterocycles. The van der Waals surface area contributed by atoms with Gasteiger partial charge < -0.3 is 19.9 Å². The van der Waals surface area contributed by atoms with Crippen LogP contribution in [0, 0.1) is 19.8 Å². The van der Waals surface area contributed by atoms with Gasteiger partial charge in [-0.05, 0) is 55.9 Å². The first-order chi connectivity index (χ1) is 14.1. The molecule has 1 N–H and O–H groups in total. The fourth-order valence-electron chi connectivity index (χ4n) is 4.05. The van der Waals surface area contributed by atoms with Crippen LogP contribution in [0.2, 0.25) is 0 Å². The second-order valence-corrected chi connectivity index (χ2v) is 8.22. The average molecular weight is 394 g/mol. The monoisotopic (exact) mass is 393 g/mol. The van der Waals surface area contributed by atoms with Crippen LogP contribution in [0.25, 0.3) is 0 Å². The molecule has 2 aromatic carbocycles. The van der Waals surface area contributed by atoms with Crippen molar-refractivity contribution in [3.63, 3.8) is 0 Å². The number of carbonyl (C=O) groups is 1. The molecule has 1 heterocycles. The zero-order valence-corrected chi connectivity index (χ0v) is 17.5. The SMILES string of the molecule is Cc1cccc(C)c1OCCNC(=O)CN1CCN(CC2CC2)c2ccccc21. The fourth-order valence-corrected chi connectivity index (χ4v) is 4.05. The summed E-state index contributed by atoms with van der Waals surface area (Å²) in [6.45, 7) is 8.47. The quantitative estimate of drug-likeness (QED) is 0.697. The molecule has 29 heavy (non-hydrogen) atoms. The van der Waals surface area contributed by atoms with E-state index in [0.29, 0.717) is 19.7 Å². The van der Waals surface area contributed by atoms with Crippen LogP contribution in [0.1, 0.15) is 24.0 Å². The van der Waals surface area contributed by atoms with Gasteiger partial charge in [-0.3, -0.25) is 4.79 Å². The number of para-hydroxylation sites is 3. The Labute approximate surface area is 173 Å². The molecule has 154 valence electrons. The van der Waals surface area contributed by atoms with Gasteiger partial charge in [0, 0.05) is 19.6 Å². The van der Waals surface area contributed by atoms with Crippen LogP contribution in [0.3, 0.4) is 0 Å². The summed E-state index contributed by atoms with van der Waals surface area (Å²) in [6.07, 6.45) is 2.71. The Morgan fingerprint density at radius 2 is 1.66 bits per heavy atom. The number of nitrogens with one attached hydrogen (secondary N) is 1. The molecule has 5 nitrogen and oxygen atoms in total. The highest BCUT2D eigenvalue weighted by molar-refractivity contribution is 5.84. The van der Waals surface area contributed by atoms with E-state index in [1.165, 1.54) is 24.2 Å². The molecular weight excluding hydrogens is 362 g/mol. The number of carbonyl (C=O) groups excluding carboxylic acids is 1. The van der Waals surface area contributed by atoms with Crippen LogP contribution in [-0.2, 0) is 4.79 Å². The number of hydrogen-bond donors (Lipinski definition) is 1. The Morgan fingerprint density at radius 3 is 2.34 bits per heavy atom. The maximum atomic E-state index is 12.5. The van der Waals surface area contributed by atoms with Gasteiger partial charge in [-0.25, -0.2) is 0 Å². The van der Waals surface area contributed by atoms with E-state index in [9.17, 15) is 4.79 Å². The zero-order chi connectivity index (χ0) is 20.2. The first-order valence-corrected chi connectivity index (χ1v) is 10.7. The number of benzene rings is 2. The number of aryl methyl sites for hydroxylation is 2. The van der Waals surface area contributed by atoms with Gasteiger partial charge >= 0.3 is 0 Å². The Kier molecular flexibility index (Phi) is 5.93. The maximum Gasteiger partial charge on any atom is 0.239 e. The van der Waals surface area contributed by atoms with Crippen molar-refractivity contribution < 1.29 is 9.53 Å². The number of fused-ring (bicyclic) bond motifs is 1. The summed E-state index contributed by atoms with van der Waals surface area (Å²) >= 11 is 0. The summed E-state index contributed by atoms with van der Waals surface area (Å²) in [4.78, 5) is 17.2. The molecule has 2 aliphatic rings. The summed E-state index contributed by atoms with van der Waals surface area (Å²) in [5.74, 6) is 1.82. The van der Waals surface area contributed by atoms with Gasteiger partial charge in [0.05, 0.1) is 24.5 Å². The summed E-state index contributed by atoms with van der Waals surface area (Å²) in [7, 11) is 0. The van der Waals surface area contributed by atoms with Crippen LogP contribution in [0.15, 0.2) is 42.5 Å². The zero-order valence-electron chi connectivity index (χ0n) is 17.5. The number of amides is 1. The summed E-state index contributed by atoms with van der Waals surface area (Å²) in [5.41, 5.74) is 4.67. The average Bonchev–Trinajstić information content (AvgIpc) is 3.53. The smallest absolute Gasteiger partial charge is 0.239 e. The van der Waals surface area contributed by atoms with Gasteiger partial charge in [0.1, 0.15) is 12.4 Å². The van der Waals surface area contributed by atoms with Gasteiger partial charge in [0.2, 0.25) is 5.91 Å². The number of rotatable bonds is 8. The molecular formula is C24H31N3O2. The number of hydrogen-bond acceptors (Lipinski definition) is 4. The summed E-state index contributed by atoms with van der Waals surface area (Å²) in [6, 6.07) is 14.6. The maximum absolute atomic E-state index is 12.5. The molecule has 0 spiro atoms. The summed E-state index contributed by atoms with van der Waals surface area (Å²) in [5, 5.41) is 3.00. The molecule has 1 aliphatic carbocycles. The molecule has 0 saturated heterocycles. The van der Waals surface area contributed by atoms with Crippen LogP contribution in [-0.4, -0.2) is 45.2 Å². The lowest BCUT2D eigenvalue weighted by atomic mass is 10.1. The minimum Gasteiger partial charge on any atom is -0.491 e. The van der Waals surface area contributed by atoms with Crippen molar-refractivity contribution in [1.29, 1.82) is 0 Å². The van der Waals surface area contributed by atoms with Gasteiger partial charge in [0.25, 0.3) is 0 Å². The normalized spacial score (nSPS) is 15.8. The highest BCUT2D eigenvalue weighted by Gasteiger charge is 2.29. The standard InChI is InChI=1S/C24H31N3O2/c1-18-6-5-7-19(2)24(18)29-15-12-25-23(28)17-27-14-13-26(16-20-10-11-20)21-8-3-4-9-22(21)27/h3-9,20H,10-17H2,1-2H3,(H,25,28). The second-order valence-electron chi connectivity index (χ2n) is 8.22. The molecule has 0 atom stereocenters. The van der Waals surface area contributed by atoms with E-state index in [4.69, 9.17) is 4.74 Å². The van der Waals surface area contributed by atoms with Gasteiger partial charge in [-0.15, -0.1) is 0 Å². The molecule has 2 aromatic rings. The topological polar surface area (TPSA) is 44.8 Å². The minimum absolute atomic E-state index is 0.0422. The Morgan fingerprint density at radius 1 is 1.00 bits per heavy atom. The molecule has 4 rings (SSSR count). The predicted octanol–water partition coefficient (Wildman–Crippen LogP) is 3.54. The van der Waals surface area contributed by atoms with Crippen molar-refractivity contribution in [3.05, 3.63) is 53.6 Å². The largest absolute Gasteiger partial charge is 0.491 e. The Bertz CT molecular complexity index is 843. The molecule has 0 bridgehead atoms. The molecule has 1 saturated carbocycles. The molecule has 0 aromatic heterocycles. The molecule has 0 unspecified atom stereocenters. The van der Waals surface area contributed by atoms with Gasteiger partial charge in [0.15, 0.2) is 0 Å². The van der Waals surface area contributed by atoms with Crippen molar-refractivity contribution in [1.82, 2.24) is 5.32 Å². The highest BCUT2D eigenvalue weighted by atomic mass is 16.5. The first kappa shape index (κ1) is 19.6. The first-order valence-electron chi connectivity index (χ1n) is 10.7. The summed E-state index contributed by atoms with van der Waals surface area (Å²) < 4.78 is 5.89. The van der Waals surface area contributed by atoms with E-state index >= 15 is 0 Å². The minimum atomic E-state index is 0.0422. The van der Waals surface area contributed by atoms with Crippen molar-refractivity contribution in [2.45, 2.75) is 26.7 Å². The second kappa shape index (κ2) is 8.76. The third kappa shape index (κ3) is 4.84. The van der Waals surface area contributed by atoms with Crippen LogP contribution < -0.4 is 19.9 Å². The van der Waals surface area contributed by atoms with E-state index in [-0.39, 0.29) is 5.91 Å². The highest BCUT2D eigenvalue weighted by Crippen LogP contribution is 2.37. The number of ether oxygens (including phenoxy) is 1. The van der Waals surface area contributed by atoms with E-state index in [1.807, 2.05) is 32.0 Å².